The first kappa shape index (κ1) is 21.8. The second-order valence-electron chi connectivity index (χ2n) is 6.37. The highest BCUT2D eigenvalue weighted by atomic mass is 35.5. The zero-order valence-electron chi connectivity index (χ0n) is 14.3. The second kappa shape index (κ2) is 13.0. The van der Waals surface area contributed by atoms with Crippen molar-refractivity contribution < 1.29 is 4.79 Å². The van der Waals surface area contributed by atoms with E-state index < -0.39 is 0 Å². The van der Waals surface area contributed by atoms with Crippen molar-refractivity contribution in [1.82, 2.24) is 21.3 Å². The van der Waals surface area contributed by atoms with E-state index in [9.17, 15) is 4.79 Å². The van der Waals surface area contributed by atoms with Gasteiger partial charge < -0.3 is 21.3 Å². The molecule has 2 aliphatic rings. The Morgan fingerprint density at radius 3 is 2.33 bits per heavy atom. The van der Waals surface area contributed by atoms with Crippen LogP contribution in [0.2, 0.25) is 0 Å². The number of carbonyl (C=O) groups excluding carboxylic acids is 1. The van der Waals surface area contributed by atoms with Crippen molar-refractivity contribution >= 4 is 46.7 Å². The Kier molecular flexibility index (Phi) is 11.8. The number of carbonyl (C=O) groups is 1. The zero-order chi connectivity index (χ0) is 16.3. The summed E-state index contributed by atoms with van der Waals surface area (Å²) in [5.41, 5.74) is 0. The average molecular weight is 395 g/mol. The Morgan fingerprint density at radius 1 is 1.04 bits per heavy atom. The molecule has 1 heterocycles. The summed E-state index contributed by atoms with van der Waals surface area (Å²) in [4.78, 5) is 11.7. The van der Waals surface area contributed by atoms with Gasteiger partial charge in [0.05, 0.1) is 0 Å². The van der Waals surface area contributed by atoms with Crippen LogP contribution < -0.4 is 21.3 Å². The maximum atomic E-state index is 11.7. The molecule has 0 unspecified atom stereocenters. The van der Waals surface area contributed by atoms with Crippen molar-refractivity contribution in [2.24, 2.45) is 0 Å². The summed E-state index contributed by atoms with van der Waals surface area (Å²) in [5, 5.41) is 13.3. The average Bonchev–Trinajstić information content (AvgIpc) is 3.04. The third-order valence-electron chi connectivity index (χ3n) is 4.41. The predicted octanol–water partition coefficient (Wildman–Crippen LogP) is 2.79. The summed E-state index contributed by atoms with van der Waals surface area (Å²) < 4.78 is 0.920. The number of unbranched alkanes of at least 4 members (excludes halogenated alkanes) is 1. The van der Waals surface area contributed by atoms with Crippen molar-refractivity contribution in [2.45, 2.75) is 62.7 Å². The Labute approximate surface area is 161 Å². The quantitative estimate of drug-likeness (QED) is 0.395. The van der Waals surface area contributed by atoms with E-state index in [0.717, 1.165) is 56.2 Å². The van der Waals surface area contributed by atoms with Crippen LogP contribution in [0.1, 0.15) is 51.4 Å². The lowest BCUT2D eigenvalue weighted by molar-refractivity contribution is 0.237. The minimum absolute atomic E-state index is 0. The third-order valence-corrected chi connectivity index (χ3v) is 6.00. The number of nitrogens with one attached hydrogen (secondary N) is 4. The molecule has 0 spiro atoms. The van der Waals surface area contributed by atoms with E-state index in [0.29, 0.717) is 11.3 Å². The largest absolute Gasteiger partial charge is 0.371 e. The second-order valence-corrected chi connectivity index (χ2v) is 8.35. The molecule has 4 N–H and O–H groups in total. The molecule has 0 radical (unpaired) electrons. The minimum Gasteiger partial charge on any atom is -0.371 e. The molecule has 2 amide bonds. The van der Waals surface area contributed by atoms with Gasteiger partial charge in [-0.2, -0.15) is 0 Å². The highest BCUT2D eigenvalue weighted by Crippen LogP contribution is 2.20. The van der Waals surface area contributed by atoms with Crippen LogP contribution in [0.4, 0.5) is 4.79 Å². The fraction of sp³-hybridized carbons (Fsp3) is 0.875. The molecule has 1 aliphatic heterocycles. The van der Waals surface area contributed by atoms with E-state index >= 15 is 0 Å². The molecule has 140 valence electrons. The Balaban J connectivity index is 0.00000288. The third kappa shape index (κ3) is 9.30. The van der Waals surface area contributed by atoms with Gasteiger partial charge in [0, 0.05) is 24.4 Å². The Bertz CT molecular complexity index is 375. The van der Waals surface area contributed by atoms with Gasteiger partial charge in [0.15, 0.2) is 0 Å². The first-order valence-electron chi connectivity index (χ1n) is 8.93. The number of hydrogen-bond acceptors (Lipinski definition) is 4. The molecular weight excluding hydrogens is 364 g/mol. The standard InChI is InChI=1S/C16H30N4OS2.ClH/c21-15(20-13-5-1-2-6-13)18-9-3-4-10-19-16(22)23-14-7-11-17-12-8-14;/h13-14,17H,1-12H2,(H,19,22)(H2,18,20,21);1H. The summed E-state index contributed by atoms with van der Waals surface area (Å²) in [6.45, 7) is 3.83. The maximum absolute atomic E-state index is 11.7. The fourth-order valence-corrected chi connectivity index (χ4v) is 4.53. The topological polar surface area (TPSA) is 65.2 Å². The van der Waals surface area contributed by atoms with Gasteiger partial charge in [-0.05, 0) is 51.6 Å². The van der Waals surface area contributed by atoms with E-state index in [-0.39, 0.29) is 18.4 Å². The van der Waals surface area contributed by atoms with Crippen molar-refractivity contribution in [3.8, 4) is 0 Å². The molecule has 8 heteroatoms. The summed E-state index contributed by atoms with van der Waals surface area (Å²) in [6, 6.07) is 0.378. The molecule has 24 heavy (non-hydrogen) atoms. The first-order chi connectivity index (χ1) is 11.2. The minimum atomic E-state index is -0.0122. The summed E-state index contributed by atoms with van der Waals surface area (Å²) in [5.74, 6) is 0. The molecular formula is C16H31ClN4OS2. The van der Waals surface area contributed by atoms with E-state index in [1.54, 1.807) is 0 Å². The van der Waals surface area contributed by atoms with Gasteiger partial charge >= 0.3 is 6.03 Å². The van der Waals surface area contributed by atoms with Crippen LogP contribution in [0, 0.1) is 0 Å². The molecule has 0 aromatic heterocycles. The number of halogens is 1. The van der Waals surface area contributed by atoms with Crippen LogP contribution in [-0.4, -0.2) is 47.8 Å². The Hall–Kier alpha value is -0.240. The molecule has 1 saturated heterocycles. The van der Waals surface area contributed by atoms with E-state index in [1.165, 1.54) is 25.7 Å². The van der Waals surface area contributed by atoms with Gasteiger partial charge in [-0.25, -0.2) is 4.79 Å². The predicted molar refractivity (Wildman–Crippen MR) is 109 cm³/mol. The van der Waals surface area contributed by atoms with E-state index in [4.69, 9.17) is 12.2 Å². The first-order valence-corrected chi connectivity index (χ1v) is 10.2. The van der Waals surface area contributed by atoms with Crippen LogP contribution in [0.3, 0.4) is 0 Å². The maximum Gasteiger partial charge on any atom is 0.315 e. The van der Waals surface area contributed by atoms with Crippen LogP contribution in [0.5, 0.6) is 0 Å². The van der Waals surface area contributed by atoms with Gasteiger partial charge in [-0.3, -0.25) is 0 Å². The molecule has 0 bridgehead atoms. The van der Waals surface area contributed by atoms with Gasteiger partial charge in [0.1, 0.15) is 4.32 Å². The smallest absolute Gasteiger partial charge is 0.315 e. The monoisotopic (exact) mass is 394 g/mol. The summed E-state index contributed by atoms with van der Waals surface area (Å²) in [6.07, 6.45) is 9.15. The zero-order valence-corrected chi connectivity index (χ0v) is 16.7. The summed E-state index contributed by atoms with van der Waals surface area (Å²) >= 11 is 7.19. The lowest BCUT2D eigenvalue weighted by atomic mass is 10.2. The van der Waals surface area contributed by atoms with Gasteiger partial charge in [0.25, 0.3) is 0 Å². The van der Waals surface area contributed by atoms with Gasteiger partial charge in [-0.1, -0.05) is 36.8 Å². The molecule has 0 atom stereocenters. The highest BCUT2D eigenvalue weighted by Gasteiger charge is 2.17. The molecule has 0 aromatic rings. The highest BCUT2D eigenvalue weighted by molar-refractivity contribution is 8.23. The molecule has 2 fully saturated rings. The number of rotatable bonds is 7. The van der Waals surface area contributed by atoms with Crippen LogP contribution in [-0.2, 0) is 0 Å². The number of thioether (sulfide) groups is 1. The van der Waals surface area contributed by atoms with Crippen LogP contribution >= 0.6 is 36.4 Å². The van der Waals surface area contributed by atoms with Crippen LogP contribution in [0.15, 0.2) is 0 Å². The van der Waals surface area contributed by atoms with Crippen molar-refractivity contribution in [2.75, 3.05) is 26.2 Å². The van der Waals surface area contributed by atoms with E-state index in [2.05, 4.69) is 21.3 Å². The van der Waals surface area contributed by atoms with Crippen molar-refractivity contribution in [3.63, 3.8) is 0 Å². The lowest BCUT2D eigenvalue weighted by Crippen LogP contribution is -2.41. The lowest BCUT2D eigenvalue weighted by Gasteiger charge is -2.22. The molecule has 1 saturated carbocycles. The number of urea groups is 1. The number of amides is 2. The van der Waals surface area contributed by atoms with Crippen molar-refractivity contribution in [1.29, 1.82) is 0 Å². The molecule has 2 rings (SSSR count). The van der Waals surface area contributed by atoms with Gasteiger partial charge in [-0.15, -0.1) is 12.4 Å². The number of piperidine rings is 1. The van der Waals surface area contributed by atoms with Gasteiger partial charge in [0.2, 0.25) is 0 Å². The SMILES string of the molecule is Cl.O=C(NCCCCNC(=S)SC1CCNCC1)NC1CCCC1. The number of hydrogen-bond donors (Lipinski definition) is 4. The Morgan fingerprint density at radius 2 is 1.67 bits per heavy atom. The fourth-order valence-electron chi connectivity index (χ4n) is 3.06. The van der Waals surface area contributed by atoms with Crippen LogP contribution in [0.25, 0.3) is 0 Å². The number of thiocarbonyl (C=S) groups is 1. The molecule has 1 aliphatic carbocycles. The van der Waals surface area contributed by atoms with Crippen molar-refractivity contribution in [3.05, 3.63) is 0 Å². The normalized spacial score (nSPS) is 18.7. The molecule has 5 nitrogen and oxygen atoms in total. The molecule has 0 aromatic carbocycles. The van der Waals surface area contributed by atoms with E-state index in [1.807, 2.05) is 11.8 Å². The summed E-state index contributed by atoms with van der Waals surface area (Å²) in [7, 11) is 0.